The fourth-order valence-corrected chi connectivity index (χ4v) is 2.60. The van der Waals surface area contributed by atoms with Crippen molar-refractivity contribution in [1.29, 1.82) is 0 Å². The standard InChI is InChI=1S/C12H16N4O3.3H3O4P/c1-6-9(17)12(2,18)10(19-6)7-3-4-8-11(13)14-5-15-16(7)8;3*1-5(2,3)4/h3-6,9-10,17-18H,1-2H3,(H2,13,14,15);3*(H3,1,2,3,4)/t6-,9-,10+,12-;;;/m1.../s1. The molecule has 4 atom stereocenters. The molecule has 19 nitrogen and oxygen atoms in total. The topological polar surface area (TPSA) is 339 Å². The lowest BCUT2D eigenvalue weighted by Crippen LogP contribution is -2.41. The van der Waals surface area contributed by atoms with Crippen molar-refractivity contribution >= 4 is 34.8 Å². The third-order valence-corrected chi connectivity index (χ3v) is 3.70. The number of phosphoric acid groups is 3. The number of ether oxygens (including phenoxy) is 1. The summed E-state index contributed by atoms with van der Waals surface area (Å²) in [6, 6.07) is 3.53. The molecule has 198 valence electrons. The summed E-state index contributed by atoms with van der Waals surface area (Å²) in [7, 11) is -13.9. The third-order valence-electron chi connectivity index (χ3n) is 3.70. The maximum atomic E-state index is 10.4. The third kappa shape index (κ3) is 12.9. The van der Waals surface area contributed by atoms with Crippen LogP contribution < -0.4 is 5.73 Å². The molecular weight excluding hydrogens is 533 g/mol. The van der Waals surface area contributed by atoms with Gasteiger partial charge in [-0.15, -0.1) is 0 Å². The second-order valence-electron chi connectivity index (χ2n) is 6.63. The van der Waals surface area contributed by atoms with Gasteiger partial charge >= 0.3 is 23.5 Å². The Morgan fingerprint density at radius 1 is 0.971 bits per heavy atom. The van der Waals surface area contributed by atoms with Crippen LogP contribution >= 0.6 is 23.5 Å². The summed E-state index contributed by atoms with van der Waals surface area (Å²) in [4.78, 5) is 68.6. The smallest absolute Gasteiger partial charge is 0.387 e. The summed E-state index contributed by atoms with van der Waals surface area (Å²) >= 11 is 0. The Hall–Kier alpha value is -1.37. The number of anilines is 1. The molecule has 22 heteroatoms. The van der Waals surface area contributed by atoms with E-state index in [1.807, 2.05) is 0 Å². The minimum atomic E-state index is -4.64. The summed E-state index contributed by atoms with van der Waals surface area (Å²) in [5, 5.41) is 24.5. The lowest BCUT2D eigenvalue weighted by molar-refractivity contribution is -0.0664. The second kappa shape index (κ2) is 12.0. The van der Waals surface area contributed by atoms with Crippen molar-refractivity contribution in [3.8, 4) is 0 Å². The van der Waals surface area contributed by atoms with E-state index in [4.69, 9.17) is 68.2 Å². The number of fused-ring (bicyclic) bond motifs is 1. The number of nitrogens with two attached hydrogens (primary N) is 1. The first kappa shape index (κ1) is 32.6. The highest BCUT2D eigenvalue weighted by molar-refractivity contribution is 7.45. The molecule has 34 heavy (non-hydrogen) atoms. The number of nitrogen functional groups attached to an aromatic ring is 1. The van der Waals surface area contributed by atoms with Crippen LogP contribution in [0.15, 0.2) is 18.5 Å². The van der Waals surface area contributed by atoms with Crippen LogP contribution in [-0.2, 0) is 18.4 Å². The fraction of sp³-hybridized carbons (Fsp3) is 0.500. The van der Waals surface area contributed by atoms with Crippen molar-refractivity contribution in [2.75, 3.05) is 5.73 Å². The maximum Gasteiger partial charge on any atom is 0.466 e. The van der Waals surface area contributed by atoms with Crippen LogP contribution in [0.1, 0.15) is 25.6 Å². The predicted octanol–water partition coefficient (Wildman–Crippen LogP) is -2.90. The number of hydrogen-bond donors (Lipinski definition) is 12. The molecule has 0 bridgehead atoms. The van der Waals surface area contributed by atoms with Gasteiger partial charge in [-0.2, -0.15) is 5.10 Å². The Morgan fingerprint density at radius 2 is 1.38 bits per heavy atom. The van der Waals surface area contributed by atoms with Crippen LogP contribution in [0.5, 0.6) is 0 Å². The average Bonchev–Trinajstić information content (AvgIpc) is 3.06. The largest absolute Gasteiger partial charge is 0.466 e. The average molecular weight is 558 g/mol. The van der Waals surface area contributed by atoms with Gasteiger partial charge in [-0.25, -0.2) is 23.2 Å². The van der Waals surface area contributed by atoms with Crippen LogP contribution in [0.4, 0.5) is 5.82 Å². The Kier molecular flexibility index (Phi) is 11.6. The molecule has 0 saturated carbocycles. The van der Waals surface area contributed by atoms with Gasteiger partial charge in [0.2, 0.25) is 0 Å². The van der Waals surface area contributed by atoms with Gasteiger partial charge in [0.25, 0.3) is 0 Å². The lowest BCUT2D eigenvalue weighted by Gasteiger charge is -2.26. The van der Waals surface area contributed by atoms with E-state index in [1.54, 1.807) is 30.5 Å². The van der Waals surface area contributed by atoms with Gasteiger partial charge in [-0.05, 0) is 26.0 Å². The molecule has 1 saturated heterocycles. The molecule has 1 aliphatic rings. The zero-order valence-electron chi connectivity index (χ0n) is 17.3. The number of rotatable bonds is 1. The molecule has 3 heterocycles. The predicted molar refractivity (Wildman–Crippen MR) is 110 cm³/mol. The zero-order valence-corrected chi connectivity index (χ0v) is 20.0. The first-order valence-corrected chi connectivity index (χ1v) is 13.1. The molecule has 1 aliphatic heterocycles. The van der Waals surface area contributed by atoms with Crippen molar-refractivity contribution in [2.24, 2.45) is 0 Å². The minimum absolute atomic E-state index is 0.354. The molecule has 0 amide bonds. The molecule has 2 aromatic rings. The highest BCUT2D eigenvalue weighted by Crippen LogP contribution is 2.41. The monoisotopic (exact) mass is 558 g/mol. The van der Waals surface area contributed by atoms with Gasteiger partial charge in [0.15, 0.2) is 5.82 Å². The van der Waals surface area contributed by atoms with Crippen LogP contribution in [0.3, 0.4) is 0 Å². The van der Waals surface area contributed by atoms with E-state index in [9.17, 15) is 10.2 Å². The molecule has 1 fully saturated rings. The normalized spacial score (nSPS) is 24.8. The quantitative estimate of drug-likeness (QED) is 0.156. The zero-order chi connectivity index (χ0) is 27.3. The van der Waals surface area contributed by atoms with Crippen LogP contribution in [0, 0.1) is 0 Å². The van der Waals surface area contributed by atoms with E-state index < -0.39 is 47.4 Å². The highest BCUT2D eigenvalue weighted by atomic mass is 31.2. The van der Waals surface area contributed by atoms with Crippen LogP contribution in [0.25, 0.3) is 5.52 Å². The van der Waals surface area contributed by atoms with E-state index in [-0.39, 0.29) is 0 Å². The molecule has 0 aliphatic carbocycles. The lowest BCUT2D eigenvalue weighted by atomic mass is 9.91. The summed E-state index contributed by atoms with van der Waals surface area (Å²) in [5.74, 6) is 0.354. The molecule has 13 N–H and O–H groups in total. The van der Waals surface area contributed by atoms with Gasteiger partial charge in [0.1, 0.15) is 29.7 Å². The van der Waals surface area contributed by atoms with Gasteiger partial charge in [0, 0.05) is 0 Å². The Morgan fingerprint density at radius 3 is 1.74 bits per heavy atom. The molecule has 0 aromatic carbocycles. The first-order valence-electron chi connectivity index (χ1n) is 8.41. The van der Waals surface area contributed by atoms with Gasteiger partial charge in [0.05, 0.1) is 11.8 Å². The number of aliphatic hydroxyl groups excluding tert-OH is 1. The Bertz CT molecular complexity index is 1000. The van der Waals surface area contributed by atoms with E-state index >= 15 is 0 Å². The first-order chi connectivity index (χ1) is 14.9. The van der Waals surface area contributed by atoms with Crippen LogP contribution in [0.2, 0.25) is 0 Å². The summed E-state index contributed by atoms with van der Waals surface area (Å²) < 4.78 is 33.9. The molecule has 0 radical (unpaired) electrons. The summed E-state index contributed by atoms with van der Waals surface area (Å²) in [5.41, 5.74) is 5.67. The fourth-order valence-electron chi connectivity index (χ4n) is 2.60. The number of hydrogen-bond acceptors (Lipinski definition) is 9. The van der Waals surface area contributed by atoms with Crippen molar-refractivity contribution in [3.63, 3.8) is 0 Å². The SMILES string of the molecule is C[C@H]1O[C@@H](c2ccc3c(N)ncnn23)[C@](C)(O)[C@@H]1O.O=P(O)(O)O.O=P(O)(O)O.O=P(O)(O)O. The van der Waals surface area contributed by atoms with Gasteiger partial charge in [-0.3, -0.25) is 0 Å². The van der Waals surface area contributed by atoms with E-state index in [1.165, 1.54) is 6.33 Å². The summed E-state index contributed by atoms with van der Waals surface area (Å²) in [6.07, 6.45) is -0.740. The number of nitrogens with zero attached hydrogens (tertiary/aromatic N) is 3. The molecule has 3 rings (SSSR count). The van der Waals surface area contributed by atoms with Gasteiger partial charge < -0.3 is 64.7 Å². The molecular formula is C12H25N4O15P3. The van der Waals surface area contributed by atoms with Crippen molar-refractivity contribution in [3.05, 3.63) is 24.2 Å². The minimum Gasteiger partial charge on any atom is -0.387 e. The Labute approximate surface area is 190 Å². The molecule has 0 spiro atoms. The Balaban J connectivity index is 0.000000599. The van der Waals surface area contributed by atoms with Crippen molar-refractivity contribution in [1.82, 2.24) is 14.6 Å². The van der Waals surface area contributed by atoms with E-state index in [2.05, 4.69) is 10.1 Å². The van der Waals surface area contributed by atoms with Crippen molar-refractivity contribution in [2.45, 2.75) is 37.8 Å². The summed E-state index contributed by atoms with van der Waals surface area (Å²) in [6.45, 7) is 3.27. The number of aromatic nitrogens is 3. The van der Waals surface area contributed by atoms with E-state index in [0.717, 1.165) is 0 Å². The van der Waals surface area contributed by atoms with Crippen molar-refractivity contribution < 1.29 is 72.7 Å². The number of aliphatic hydroxyl groups is 2. The molecule has 2 aromatic heterocycles. The van der Waals surface area contributed by atoms with E-state index in [0.29, 0.717) is 17.0 Å². The van der Waals surface area contributed by atoms with Gasteiger partial charge in [-0.1, -0.05) is 0 Å². The van der Waals surface area contributed by atoms with Crippen LogP contribution in [-0.4, -0.2) is 86.7 Å². The maximum absolute atomic E-state index is 10.4. The molecule has 0 unspecified atom stereocenters. The second-order valence-corrected chi connectivity index (χ2v) is 9.71. The highest BCUT2D eigenvalue weighted by Gasteiger charge is 2.51.